The van der Waals surface area contributed by atoms with Gasteiger partial charge >= 0.3 is 6.09 Å². The maximum Gasteiger partial charge on any atom is 0.416 e. The van der Waals surface area contributed by atoms with Gasteiger partial charge in [0.05, 0.1) is 17.1 Å². The summed E-state index contributed by atoms with van der Waals surface area (Å²) in [6, 6.07) is -0.687. The van der Waals surface area contributed by atoms with Crippen LogP contribution in [0.15, 0.2) is 17.6 Å². The Kier molecular flexibility index (Phi) is 7.84. The van der Waals surface area contributed by atoms with Crippen LogP contribution in [0.3, 0.4) is 0 Å². The molecule has 0 saturated carbocycles. The highest BCUT2D eigenvalue weighted by molar-refractivity contribution is 9.49. The van der Waals surface area contributed by atoms with Gasteiger partial charge < -0.3 is 23.9 Å². The molecule has 0 unspecified atom stereocenters. The molecule has 1 saturated heterocycles. The van der Waals surface area contributed by atoms with Gasteiger partial charge in [-0.15, -0.1) is 6.58 Å². The van der Waals surface area contributed by atoms with Gasteiger partial charge in [-0.2, -0.15) is 0 Å². The molecule has 2 aliphatic heterocycles. The van der Waals surface area contributed by atoms with Crippen LogP contribution in [0, 0.1) is 0 Å². The molecule has 1 amide bonds. The zero-order valence-corrected chi connectivity index (χ0v) is 17.9. The van der Waals surface area contributed by atoms with E-state index in [2.05, 4.69) is 26.4 Å². The van der Waals surface area contributed by atoms with E-state index >= 15 is 0 Å². The summed E-state index contributed by atoms with van der Waals surface area (Å²) in [5.74, 6) is 0. The van der Waals surface area contributed by atoms with E-state index in [1.807, 2.05) is 0 Å². The number of fused-ring (bicyclic) bond motifs is 1. The summed E-state index contributed by atoms with van der Waals surface area (Å²) >= 11 is 4.25. The third-order valence-corrected chi connectivity index (χ3v) is 5.53. The lowest BCUT2D eigenvalue weighted by Gasteiger charge is -2.37. The maximum absolute atomic E-state index is 12.5. The smallest absolute Gasteiger partial charge is 0.416 e. The summed E-state index contributed by atoms with van der Waals surface area (Å²) in [5, 5.41) is 21.0. The van der Waals surface area contributed by atoms with E-state index in [1.165, 1.54) is 16.7 Å². The van der Waals surface area contributed by atoms with Crippen LogP contribution < -0.4 is 0 Å². The van der Waals surface area contributed by atoms with Crippen LogP contribution >= 0.6 is 37.1 Å². The number of aliphatic hydroxyl groups excluding tert-OH is 2. The topological polar surface area (TPSA) is 101 Å². The molecule has 5 atom stereocenters. The molecule has 0 bridgehead atoms. The van der Waals surface area contributed by atoms with Gasteiger partial charge in [-0.25, -0.2) is 4.79 Å². The first-order valence-electron chi connectivity index (χ1n) is 7.95. The van der Waals surface area contributed by atoms with Crippen molar-refractivity contribution in [2.75, 3.05) is 13.2 Å². The number of carbonyl (C=O) groups excluding carboxylic acids is 1. The molecule has 0 radical (unpaired) electrons. The molecule has 0 aromatic heterocycles. The second-order valence-corrected chi connectivity index (χ2v) is 8.99. The van der Waals surface area contributed by atoms with Crippen molar-refractivity contribution in [1.29, 1.82) is 0 Å². The number of aliphatic hydroxyl groups is 2. The standard InChI is InChI=1S/C15H23BrN2O6S2/c1-5-6-18(14(21)24-15(2,3)4)13-17-9-11(20)10(19)8(7-22-26-16)23-12(9)25-13/h5,8-12,19-20H,1,6-7H2,2-4H3/t8-,9-,10-,11-,12-/m1/s1. The van der Waals surface area contributed by atoms with Crippen LogP contribution in [0.5, 0.6) is 0 Å². The first-order chi connectivity index (χ1) is 12.2. The molecule has 11 heteroatoms. The van der Waals surface area contributed by atoms with E-state index in [0.29, 0.717) is 5.17 Å². The fourth-order valence-electron chi connectivity index (χ4n) is 2.45. The minimum Gasteiger partial charge on any atom is -0.443 e. The minimum atomic E-state index is -1.14. The Morgan fingerprint density at radius 1 is 1.50 bits per heavy atom. The fourth-order valence-corrected chi connectivity index (χ4v) is 4.19. The Hall–Kier alpha value is -0.300. The van der Waals surface area contributed by atoms with E-state index in [1.54, 1.807) is 26.8 Å². The average molecular weight is 471 g/mol. The number of ether oxygens (including phenoxy) is 2. The predicted octanol–water partition coefficient (Wildman–Crippen LogP) is 2.30. The number of rotatable bonds is 5. The van der Waals surface area contributed by atoms with E-state index in [-0.39, 0.29) is 13.2 Å². The monoisotopic (exact) mass is 470 g/mol. The van der Waals surface area contributed by atoms with Gasteiger partial charge in [-0.05, 0) is 20.8 Å². The highest BCUT2D eigenvalue weighted by Gasteiger charge is 2.49. The van der Waals surface area contributed by atoms with E-state index in [4.69, 9.17) is 13.7 Å². The summed E-state index contributed by atoms with van der Waals surface area (Å²) in [5.41, 5.74) is -1.19. The number of amides is 1. The summed E-state index contributed by atoms with van der Waals surface area (Å²) in [4.78, 5) is 18.2. The Labute approximate surface area is 168 Å². The van der Waals surface area contributed by atoms with E-state index in [9.17, 15) is 15.0 Å². The SMILES string of the molecule is C=CCN(C(=O)OC(C)(C)C)C1=N[C@@H]2[C@@H](O)[C@H](O)[C@@H](COSBr)O[C@@H]2S1. The maximum atomic E-state index is 12.5. The molecule has 2 aliphatic rings. The van der Waals surface area contributed by atoms with E-state index < -0.39 is 41.5 Å². The van der Waals surface area contributed by atoms with Crippen molar-refractivity contribution in [1.82, 2.24) is 4.90 Å². The molecule has 1 fully saturated rings. The first-order valence-corrected chi connectivity index (χ1v) is 11.4. The number of amidine groups is 1. The quantitative estimate of drug-likeness (QED) is 0.466. The molecule has 26 heavy (non-hydrogen) atoms. The van der Waals surface area contributed by atoms with Crippen molar-refractivity contribution in [2.45, 2.75) is 56.2 Å². The predicted molar refractivity (Wildman–Crippen MR) is 105 cm³/mol. The minimum absolute atomic E-state index is 0.0930. The lowest BCUT2D eigenvalue weighted by Crippen LogP contribution is -2.55. The normalized spacial score (nSPS) is 31.2. The van der Waals surface area contributed by atoms with Crippen LogP contribution in [0.1, 0.15) is 20.8 Å². The van der Waals surface area contributed by atoms with Crippen molar-refractivity contribution in [3.8, 4) is 0 Å². The largest absolute Gasteiger partial charge is 0.443 e. The fraction of sp³-hybridized carbons (Fsp3) is 0.733. The highest BCUT2D eigenvalue weighted by Crippen LogP contribution is 2.38. The molecule has 0 spiro atoms. The first kappa shape index (κ1) is 22.0. The van der Waals surface area contributed by atoms with Crippen molar-refractivity contribution in [2.24, 2.45) is 4.99 Å². The van der Waals surface area contributed by atoms with Gasteiger partial charge in [0.1, 0.15) is 35.4 Å². The van der Waals surface area contributed by atoms with Gasteiger partial charge in [0.15, 0.2) is 5.17 Å². The number of carbonyl (C=O) groups is 1. The van der Waals surface area contributed by atoms with Crippen LogP contribution in [0.2, 0.25) is 0 Å². The molecule has 2 N–H and O–H groups in total. The number of aliphatic imine (C=N–C) groups is 1. The summed E-state index contributed by atoms with van der Waals surface area (Å²) < 4.78 is 16.4. The van der Waals surface area contributed by atoms with E-state index in [0.717, 1.165) is 10.5 Å². The van der Waals surface area contributed by atoms with Crippen LogP contribution in [0.25, 0.3) is 0 Å². The zero-order valence-electron chi connectivity index (χ0n) is 14.7. The van der Waals surface area contributed by atoms with Crippen LogP contribution in [-0.4, -0.2) is 74.9 Å². The Morgan fingerprint density at radius 3 is 2.77 bits per heavy atom. The highest BCUT2D eigenvalue weighted by atomic mass is 79.9. The van der Waals surface area contributed by atoms with Crippen molar-refractivity contribution in [3.63, 3.8) is 0 Å². The van der Waals surface area contributed by atoms with Gasteiger partial charge in [-0.1, -0.05) is 17.8 Å². The number of hydrogen-bond donors (Lipinski definition) is 2. The molecular weight excluding hydrogens is 448 g/mol. The molecule has 148 valence electrons. The van der Waals surface area contributed by atoms with Gasteiger partial charge in [0.25, 0.3) is 0 Å². The number of thioether (sulfide) groups is 1. The summed E-state index contributed by atoms with van der Waals surface area (Å²) in [7, 11) is 0.969. The average Bonchev–Trinajstić information content (AvgIpc) is 2.96. The van der Waals surface area contributed by atoms with Crippen LogP contribution in [0.4, 0.5) is 4.79 Å². The molecule has 2 rings (SSSR count). The zero-order chi connectivity index (χ0) is 19.5. The summed E-state index contributed by atoms with van der Waals surface area (Å²) in [6.07, 6.45) is -1.98. The van der Waals surface area contributed by atoms with Crippen LogP contribution in [-0.2, 0) is 13.7 Å². The molecule has 0 aromatic rings. The second kappa shape index (κ2) is 9.26. The van der Waals surface area contributed by atoms with Gasteiger partial charge in [-0.3, -0.25) is 9.89 Å². The molecule has 2 heterocycles. The Bertz CT molecular complexity index is 559. The Morgan fingerprint density at radius 2 is 2.19 bits per heavy atom. The number of nitrogens with zero attached hydrogens (tertiary/aromatic N) is 2. The molecule has 0 aromatic carbocycles. The Balaban J connectivity index is 2.14. The molecular formula is C15H23BrN2O6S2. The molecule has 0 aliphatic carbocycles. The van der Waals surface area contributed by atoms with Crippen molar-refractivity contribution in [3.05, 3.63) is 12.7 Å². The van der Waals surface area contributed by atoms with Crippen molar-refractivity contribution >= 4 is 48.3 Å². The number of hydrogen-bond acceptors (Lipinski definition) is 9. The number of halogens is 1. The lowest BCUT2D eigenvalue weighted by molar-refractivity contribution is -0.160. The summed E-state index contributed by atoms with van der Waals surface area (Å²) in [6.45, 7) is 9.27. The van der Waals surface area contributed by atoms with Gasteiger partial charge in [0, 0.05) is 21.4 Å². The second-order valence-electron chi connectivity index (χ2n) is 6.77. The lowest BCUT2D eigenvalue weighted by atomic mass is 9.99. The third-order valence-electron chi connectivity index (χ3n) is 3.58. The van der Waals surface area contributed by atoms with Crippen molar-refractivity contribution < 1.29 is 28.7 Å². The molecule has 8 nitrogen and oxygen atoms in total. The third kappa shape index (κ3) is 5.37. The van der Waals surface area contributed by atoms with Gasteiger partial charge in [0.2, 0.25) is 0 Å².